The van der Waals surface area contributed by atoms with Gasteiger partial charge in [0.1, 0.15) is 5.82 Å². The molecule has 0 radical (unpaired) electrons. The van der Waals surface area contributed by atoms with Crippen LogP contribution in [0.4, 0.5) is 0 Å². The van der Waals surface area contributed by atoms with Crippen LogP contribution in [0.15, 0.2) is 48.9 Å². The molecular weight excluding hydrogens is 292 g/mol. The van der Waals surface area contributed by atoms with Crippen LogP contribution in [0.3, 0.4) is 0 Å². The summed E-state index contributed by atoms with van der Waals surface area (Å²) in [7, 11) is 1.88. The predicted octanol–water partition coefficient (Wildman–Crippen LogP) is 1.60. The molecule has 0 unspecified atom stereocenters. The Morgan fingerprint density at radius 3 is 2.87 bits per heavy atom. The third-order valence-electron chi connectivity index (χ3n) is 3.75. The van der Waals surface area contributed by atoms with Crippen molar-refractivity contribution < 1.29 is 9.90 Å². The summed E-state index contributed by atoms with van der Waals surface area (Å²) in [6.07, 6.45) is 5.09. The highest BCUT2D eigenvalue weighted by Gasteiger charge is 2.18. The van der Waals surface area contributed by atoms with Crippen LogP contribution in [0.25, 0.3) is 10.9 Å². The maximum atomic E-state index is 12.8. The number of amides is 1. The number of fused-ring (bicyclic) bond motifs is 1. The normalized spacial score (nSPS) is 10.9. The second kappa shape index (κ2) is 6.58. The van der Waals surface area contributed by atoms with Gasteiger partial charge < -0.3 is 14.6 Å². The first-order valence-electron chi connectivity index (χ1n) is 7.40. The van der Waals surface area contributed by atoms with Gasteiger partial charge in [0.2, 0.25) is 0 Å². The van der Waals surface area contributed by atoms with E-state index < -0.39 is 0 Å². The van der Waals surface area contributed by atoms with Gasteiger partial charge in [-0.1, -0.05) is 18.2 Å². The van der Waals surface area contributed by atoms with Crippen molar-refractivity contribution in [3.8, 4) is 0 Å². The van der Waals surface area contributed by atoms with Gasteiger partial charge in [-0.2, -0.15) is 0 Å². The third-order valence-corrected chi connectivity index (χ3v) is 3.75. The zero-order chi connectivity index (χ0) is 16.2. The molecule has 6 heteroatoms. The molecule has 0 atom stereocenters. The summed E-state index contributed by atoms with van der Waals surface area (Å²) in [4.78, 5) is 22.9. The topological polar surface area (TPSA) is 71.2 Å². The number of aliphatic hydroxyl groups excluding tert-OH is 1. The fourth-order valence-corrected chi connectivity index (χ4v) is 2.46. The monoisotopic (exact) mass is 310 g/mol. The minimum atomic E-state index is -0.166. The molecule has 6 nitrogen and oxygen atoms in total. The number of pyridine rings is 1. The maximum Gasteiger partial charge on any atom is 0.255 e. The fraction of sp³-hybridized carbons (Fsp3) is 0.235. The third kappa shape index (κ3) is 3.22. The van der Waals surface area contributed by atoms with Crippen molar-refractivity contribution in [3.05, 3.63) is 60.3 Å². The van der Waals surface area contributed by atoms with Gasteiger partial charge in [0.15, 0.2) is 0 Å². The quantitative estimate of drug-likeness (QED) is 0.777. The zero-order valence-corrected chi connectivity index (χ0v) is 12.9. The molecule has 0 saturated heterocycles. The van der Waals surface area contributed by atoms with Crippen molar-refractivity contribution in [2.75, 3.05) is 13.2 Å². The van der Waals surface area contributed by atoms with Gasteiger partial charge in [-0.3, -0.25) is 9.78 Å². The number of para-hydroxylation sites is 1. The summed E-state index contributed by atoms with van der Waals surface area (Å²) in [5.41, 5.74) is 1.35. The number of hydrogen-bond donors (Lipinski definition) is 1. The molecular formula is C17H18N4O2. The van der Waals surface area contributed by atoms with Crippen molar-refractivity contribution in [2.45, 2.75) is 6.54 Å². The van der Waals surface area contributed by atoms with Crippen molar-refractivity contribution in [1.82, 2.24) is 19.4 Å². The largest absolute Gasteiger partial charge is 0.395 e. The average molecular weight is 310 g/mol. The van der Waals surface area contributed by atoms with E-state index >= 15 is 0 Å². The number of carbonyl (C=O) groups excluding carboxylic acids is 1. The molecule has 2 heterocycles. The van der Waals surface area contributed by atoms with Gasteiger partial charge in [0.25, 0.3) is 5.91 Å². The van der Waals surface area contributed by atoms with Crippen LogP contribution in [-0.4, -0.2) is 43.6 Å². The molecule has 1 amide bonds. The molecule has 0 aliphatic rings. The fourth-order valence-electron chi connectivity index (χ4n) is 2.46. The van der Waals surface area contributed by atoms with Gasteiger partial charge >= 0.3 is 0 Å². The van der Waals surface area contributed by atoms with E-state index in [4.69, 9.17) is 0 Å². The second-order valence-electron chi connectivity index (χ2n) is 5.32. The van der Waals surface area contributed by atoms with Crippen molar-refractivity contribution >= 4 is 16.8 Å². The minimum absolute atomic E-state index is 0.100. The molecule has 0 aliphatic carbocycles. The standard InChI is InChI=1S/C17H18N4O2/c1-20-7-6-18-16(20)12-21(8-9-22)17(23)14-10-13-4-2-3-5-15(13)19-11-14/h2-7,10-11,22H,8-9,12H2,1H3. The summed E-state index contributed by atoms with van der Waals surface area (Å²) in [6.45, 7) is 0.491. The number of carbonyl (C=O) groups is 1. The van der Waals surface area contributed by atoms with E-state index in [0.717, 1.165) is 16.7 Å². The van der Waals surface area contributed by atoms with Gasteiger partial charge in [-0.05, 0) is 12.1 Å². The summed E-state index contributed by atoms with van der Waals surface area (Å²) < 4.78 is 1.86. The molecule has 3 aromatic rings. The van der Waals surface area contributed by atoms with E-state index in [1.807, 2.05) is 48.1 Å². The van der Waals surface area contributed by atoms with Crippen molar-refractivity contribution in [1.29, 1.82) is 0 Å². The van der Waals surface area contributed by atoms with Crippen LogP contribution in [0.5, 0.6) is 0 Å². The smallest absolute Gasteiger partial charge is 0.255 e. The van der Waals surface area contributed by atoms with E-state index in [2.05, 4.69) is 9.97 Å². The summed E-state index contributed by atoms with van der Waals surface area (Å²) in [6, 6.07) is 9.48. The van der Waals surface area contributed by atoms with E-state index in [1.165, 1.54) is 0 Å². The molecule has 3 rings (SSSR count). The van der Waals surface area contributed by atoms with Gasteiger partial charge in [0.05, 0.1) is 24.2 Å². The van der Waals surface area contributed by atoms with Crippen LogP contribution in [0.1, 0.15) is 16.2 Å². The van der Waals surface area contributed by atoms with Crippen molar-refractivity contribution in [3.63, 3.8) is 0 Å². The lowest BCUT2D eigenvalue weighted by atomic mass is 10.1. The lowest BCUT2D eigenvalue weighted by Gasteiger charge is -2.21. The Morgan fingerprint density at radius 1 is 1.30 bits per heavy atom. The van der Waals surface area contributed by atoms with E-state index in [9.17, 15) is 9.90 Å². The molecule has 0 saturated carbocycles. The Bertz CT molecular complexity index is 828. The molecule has 118 valence electrons. The Labute approximate surface area is 134 Å². The highest BCUT2D eigenvalue weighted by atomic mass is 16.3. The highest BCUT2D eigenvalue weighted by Crippen LogP contribution is 2.15. The van der Waals surface area contributed by atoms with Crippen LogP contribution in [0.2, 0.25) is 0 Å². The summed E-state index contributed by atoms with van der Waals surface area (Å²) in [5, 5.41) is 10.2. The Morgan fingerprint density at radius 2 is 2.13 bits per heavy atom. The number of rotatable bonds is 5. The molecule has 0 aliphatic heterocycles. The number of aryl methyl sites for hydroxylation is 1. The number of hydrogen-bond acceptors (Lipinski definition) is 4. The number of imidazole rings is 1. The molecule has 0 bridgehead atoms. The molecule has 0 fully saturated rings. The first-order valence-corrected chi connectivity index (χ1v) is 7.40. The molecule has 1 aromatic carbocycles. The minimum Gasteiger partial charge on any atom is -0.395 e. The van der Waals surface area contributed by atoms with E-state index in [1.54, 1.807) is 17.3 Å². The van der Waals surface area contributed by atoms with Crippen LogP contribution >= 0.6 is 0 Å². The van der Waals surface area contributed by atoms with E-state index in [-0.39, 0.29) is 19.1 Å². The number of benzene rings is 1. The summed E-state index contributed by atoms with van der Waals surface area (Å²) in [5.74, 6) is 0.598. The summed E-state index contributed by atoms with van der Waals surface area (Å²) >= 11 is 0. The number of nitrogens with zero attached hydrogens (tertiary/aromatic N) is 4. The number of aromatic nitrogens is 3. The molecule has 2 aromatic heterocycles. The van der Waals surface area contributed by atoms with Gasteiger partial charge in [0, 0.05) is 37.6 Å². The highest BCUT2D eigenvalue weighted by molar-refractivity contribution is 5.97. The zero-order valence-electron chi connectivity index (χ0n) is 12.9. The van der Waals surface area contributed by atoms with Gasteiger partial charge in [-0.15, -0.1) is 0 Å². The van der Waals surface area contributed by atoms with Gasteiger partial charge in [-0.25, -0.2) is 4.98 Å². The van der Waals surface area contributed by atoms with Crippen LogP contribution in [-0.2, 0) is 13.6 Å². The maximum absolute atomic E-state index is 12.8. The Kier molecular flexibility index (Phi) is 4.34. The van der Waals surface area contributed by atoms with E-state index in [0.29, 0.717) is 12.1 Å². The SMILES string of the molecule is Cn1ccnc1CN(CCO)C(=O)c1cnc2ccccc2c1. The molecule has 0 spiro atoms. The first kappa shape index (κ1) is 15.2. The molecule has 23 heavy (non-hydrogen) atoms. The average Bonchev–Trinajstić information content (AvgIpc) is 2.98. The first-order chi connectivity index (χ1) is 11.2. The Hall–Kier alpha value is -2.73. The lowest BCUT2D eigenvalue weighted by Crippen LogP contribution is -2.34. The van der Waals surface area contributed by atoms with Crippen LogP contribution < -0.4 is 0 Å². The Balaban J connectivity index is 1.88. The van der Waals surface area contributed by atoms with Crippen LogP contribution in [0, 0.1) is 0 Å². The predicted molar refractivity (Wildman–Crippen MR) is 86.8 cm³/mol. The second-order valence-corrected chi connectivity index (χ2v) is 5.32. The lowest BCUT2D eigenvalue weighted by molar-refractivity contribution is 0.0701. The van der Waals surface area contributed by atoms with Crippen molar-refractivity contribution in [2.24, 2.45) is 7.05 Å². The number of aliphatic hydroxyl groups is 1. The molecule has 1 N–H and O–H groups in total.